The second kappa shape index (κ2) is 9.71. The number of alkyl halides is 3. The van der Waals surface area contributed by atoms with Crippen LogP contribution in [0.25, 0.3) is 0 Å². The molecule has 0 aliphatic rings. The molecule has 0 aliphatic heterocycles. The van der Waals surface area contributed by atoms with Gasteiger partial charge in [-0.05, 0) is 24.3 Å². The summed E-state index contributed by atoms with van der Waals surface area (Å²) in [6.45, 7) is 0. The Hall–Kier alpha value is -2.99. The molecule has 0 radical (unpaired) electrons. The minimum absolute atomic E-state index is 0.343. The number of hydrogen-bond acceptors (Lipinski definition) is 8. The second-order valence-electron chi connectivity index (χ2n) is 6.10. The summed E-state index contributed by atoms with van der Waals surface area (Å²) in [6.07, 6.45) is -4.70. The van der Waals surface area contributed by atoms with Gasteiger partial charge in [-0.2, -0.15) is 39.5 Å². The van der Waals surface area contributed by atoms with Crippen LogP contribution in [0.3, 0.4) is 0 Å². The Bertz CT molecular complexity index is 1320. The van der Waals surface area contributed by atoms with E-state index in [2.05, 4.69) is 0 Å². The molecule has 18 heteroatoms. The van der Waals surface area contributed by atoms with Gasteiger partial charge in [0.05, 0.1) is 15.5 Å². The van der Waals surface area contributed by atoms with E-state index < -0.39 is 68.7 Å². The van der Waals surface area contributed by atoms with Gasteiger partial charge in [-0.1, -0.05) is 15.3 Å². The number of carbonyl (C=O) groups is 1. The van der Waals surface area contributed by atoms with Crippen molar-refractivity contribution in [3.05, 3.63) is 62.7 Å². The van der Waals surface area contributed by atoms with Gasteiger partial charge in [0.25, 0.3) is 11.6 Å². The summed E-state index contributed by atoms with van der Waals surface area (Å²) in [5, 5.41) is 10.9. The van der Waals surface area contributed by atoms with E-state index in [1.54, 1.807) is 9.44 Å². The van der Waals surface area contributed by atoms with E-state index in [0.717, 1.165) is 26.2 Å². The van der Waals surface area contributed by atoms with Crippen molar-refractivity contribution >= 4 is 43.6 Å². The highest BCUT2D eigenvalue weighted by molar-refractivity contribution is 8.03. The summed E-state index contributed by atoms with van der Waals surface area (Å²) in [7, 11) is -8.46. The second-order valence-corrected chi connectivity index (χ2v) is 10.2. The molecule has 1 amide bonds. The van der Waals surface area contributed by atoms with E-state index in [4.69, 9.17) is 16.3 Å². The maximum Gasteiger partial charge on any atom is 0.416 e. The smallest absolute Gasteiger partial charge is 0.416 e. The Morgan fingerprint density at radius 3 is 2.06 bits per heavy atom. The van der Waals surface area contributed by atoms with Crippen molar-refractivity contribution in [1.82, 2.24) is 13.2 Å². The van der Waals surface area contributed by atoms with E-state index in [1.807, 2.05) is 0 Å². The molecule has 0 aromatic heterocycles. The van der Waals surface area contributed by atoms with Crippen molar-refractivity contribution in [2.75, 3.05) is 14.1 Å². The molecule has 12 nitrogen and oxygen atoms in total. The Labute approximate surface area is 195 Å². The third kappa shape index (κ3) is 5.73. The van der Waals surface area contributed by atoms with Gasteiger partial charge in [0.15, 0.2) is 0 Å². The fourth-order valence-electron chi connectivity index (χ4n) is 2.41. The lowest BCUT2D eigenvalue weighted by atomic mass is 10.1. The van der Waals surface area contributed by atoms with Crippen molar-refractivity contribution < 1.29 is 44.5 Å². The van der Waals surface area contributed by atoms with Crippen LogP contribution < -0.4 is 14.2 Å². The van der Waals surface area contributed by atoms with Crippen LogP contribution in [0.2, 0.25) is 5.02 Å². The summed E-state index contributed by atoms with van der Waals surface area (Å²) in [5.41, 5.74) is -3.10. The van der Waals surface area contributed by atoms with Crippen LogP contribution in [0.5, 0.6) is 11.5 Å². The molecule has 0 saturated carbocycles. The Morgan fingerprint density at radius 1 is 1.06 bits per heavy atom. The Morgan fingerprint density at radius 2 is 1.62 bits per heavy atom. The van der Waals surface area contributed by atoms with E-state index >= 15 is 0 Å². The third-order valence-electron chi connectivity index (χ3n) is 4.00. The van der Waals surface area contributed by atoms with Gasteiger partial charge < -0.3 is 4.74 Å². The van der Waals surface area contributed by atoms with Gasteiger partial charge in [0, 0.05) is 26.2 Å². The standard InChI is InChI=1S/C16H14ClF3N4O8S2/c1-21-33(28,29)24(34(30,31)22-2)15(25)11-8-10(4-5-13(11)23(26)27)32-14-6-3-9(7-12(14)17)16(18,19)20/h3-8,21-22H,1-2H3. The van der Waals surface area contributed by atoms with Crippen molar-refractivity contribution in [3.63, 3.8) is 0 Å². The van der Waals surface area contributed by atoms with Crippen LogP contribution >= 0.6 is 11.6 Å². The molecule has 0 heterocycles. The van der Waals surface area contributed by atoms with Gasteiger partial charge in [0.2, 0.25) is 0 Å². The molecule has 186 valence electrons. The van der Waals surface area contributed by atoms with E-state index in [9.17, 15) is 44.9 Å². The number of carbonyl (C=O) groups excluding carboxylic acids is 1. The molecule has 0 atom stereocenters. The minimum atomic E-state index is -5.02. The number of nitrogens with zero attached hydrogens (tertiary/aromatic N) is 2. The molecule has 0 fully saturated rings. The van der Waals surface area contributed by atoms with Gasteiger partial charge in [-0.25, -0.2) is 0 Å². The molecule has 2 aromatic carbocycles. The van der Waals surface area contributed by atoms with Crippen molar-refractivity contribution in [2.24, 2.45) is 0 Å². The molecule has 0 saturated heterocycles. The Kier molecular flexibility index (Phi) is 7.78. The first-order valence-electron chi connectivity index (χ1n) is 8.60. The lowest BCUT2D eigenvalue weighted by Crippen LogP contribution is -2.50. The van der Waals surface area contributed by atoms with Crippen molar-refractivity contribution in [3.8, 4) is 11.5 Å². The zero-order valence-electron chi connectivity index (χ0n) is 17.0. The maximum atomic E-state index is 12.9. The summed E-state index contributed by atoms with van der Waals surface area (Å²) in [5.74, 6) is -2.59. The highest BCUT2D eigenvalue weighted by Crippen LogP contribution is 2.37. The first-order chi connectivity index (χ1) is 15.5. The molecular formula is C16H14ClF3N4O8S2. The summed E-state index contributed by atoms with van der Waals surface area (Å²) >= 11 is 5.79. The van der Waals surface area contributed by atoms with Crippen LogP contribution in [-0.2, 0) is 26.6 Å². The average Bonchev–Trinajstić information content (AvgIpc) is 2.73. The highest BCUT2D eigenvalue weighted by Gasteiger charge is 2.40. The van der Waals surface area contributed by atoms with Gasteiger partial charge in [-0.15, -0.1) is 0 Å². The summed E-state index contributed by atoms with van der Waals surface area (Å²) < 4.78 is 95.1. The molecule has 0 aliphatic carbocycles. The predicted molar refractivity (Wildman–Crippen MR) is 112 cm³/mol. The minimum Gasteiger partial charge on any atom is -0.456 e. The van der Waals surface area contributed by atoms with Crippen molar-refractivity contribution in [1.29, 1.82) is 0 Å². The molecule has 2 aromatic rings. The molecule has 0 spiro atoms. The van der Waals surface area contributed by atoms with Crippen molar-refractivity contribution in [2.45, 2.75) is 6.18 Å². The van der Waals surface area contributed by atoms with Crippen LogP contribution in [0.15, 0.2) is 36.4 Å². The number of nitrogens with one attached hydrogen (secondary N) is 2. The van der Waals surface area contributed by atoms with Crippen LogP contribution in [0.4, 0.5) is 18.9 Å². The number of benzene rings is 2. The maximum absolute atomic E-state index is 12.9. The molecule has 0 unspecified atom stereocenters. The number of nitro benzene ring substituents is 1. The first kappa shape index (κ1) is 27.3. The predicted octanol–water partition coefficient (Wildman–Crippen LogP) is 2.43. The van der Waals surface area contributed by atoms with Crippen LogP contribution in [0.1, 0.15) is 15.9 Å². The van der Waals surface area contributed by atoms with E-state index in [0.29, 0.717) is 24.3 Å². The quantitative estimate of drug-likeness (QED) is 0.376. The first-order valence-corrected chi connectivity index (χ1v) is 11.9. The third-order valence-corrected chi connectivity index (χ3v) is 7.71. The lowest BCUT2D eigenvalue weighted by molar-refractivity contribution is -0.385. The number of hydrogen-bond donors (Lipinski definition) is 2. The highest BCUT2D eigenvalue weighted by atomic mass is 35.5. The number of halogens is 4. The topological polar surface area (TPSA) is 165 Å². The summed E-state index contributed by atoms with van der Waals surface area (Å²) in [4.78, 5) is 23.2. The summed E-state index contributed by atoms with van der Waals surface area (Å²) in [6, 6.07) is 4.31. The monoisotopic (exact) mass is 546 g/mol. The molecule has 2 N–H and O–H groups in total. The molecule has 2 rings (SSSR count). The number of nitro groups is 1. The zero-order valence-corrected chi connectivity index (χ0v) is 19.3. The number of ether oxygens (including phenoxy) is 1. The average molecular weight is 547 g/mol. The molecular weight excluding hydrogens is 533 g/mol. The zero-order chi connectivity index (χ0) is 26.1. The molecule has 34 heavy (non-hydrogen) atoms. The largest absolute Gasteiger partial charge is 0.456 e. The number of rotatable bonds is 8. The number of amides is 1. The van der Waals surface area contributed by atoms with Gasteiger partial charge in [-0.3, -0.25) is 14.9 Å². The fourth-order valence-corrected chi connectivity index (χ4v) is 5.07. The van der Waals surface area contributed by atoms with E-state index in [-0.39, 0.29) is 5.75 Å². The SMILES string of the molecule is CNS(=O)(=O)N(C(=O)c1cc(Oc2ccc(C(F)(F)F)cc2Cl)ccc1[N+](=O)[O-])S(=O)(=O)NC. The van der Waals surface area contributed by atoms with Gasteiger partial charge in [0.1, 0.15) is 17.1 Å². The van der Waals surface area contributed by atoms with Gasteiger partial charge >= 0.3 is 26.6 Å². The van der Waals surface area contributed by atoms with Crippen LogP contribution in [-0.4, -0.2) is 45.5 Å². The Balaban J connectivity index is 2.62. The van der Waals surface area contributed by atoms with Crippen LogP contribution in [0, 0.1) is 10.1 Å². The lowest BCUT2D eigenvalue weighted by Gasteiger charge is -2.20. The molecule has 0 bridgehead atoms. The fraction of sp³-hybridized carbons (Fsp3) is 0.188. The van der Waals surface area contributed by atoms with E-state index in [1.165, 1.54) is 0 Å². The normalized spacial score (nSPS) is 12.3.